The molecule has 0 spiro atoms. The predicted molar refractivity (Wildman–Crippen MR) is 140 cm³/mol. The average Bonchev–Trinajstić information content (AvgIpc) is 3.01. The molecule has 0 aliphatic heterocycles. The second kappa shape index (κ2) is 14.7. The van der Waals surface area contributed by atoms with Crippen molar-refractivity contribution in [2.75, 3.05) is 29.7 Å². The minimum absolute atomic E-state index is 0. The second-order valence-corrected chi connectivity index (χ2v) is 8.72. The number of nitrogens with zero attached hydrogens (tertiary/aromatic N) is 3. The SMILES string of the molecule is CC(C)C[C@H](NC(=O)[C@@H](N)Cc1nc2cc(N(CCCl)CCCl)ccc2n1C)C(=O)O.Cl.Cl. The Kier molecular flexibility index (Phi) is 14.1. The first kappa shape index (κ1) is 31.6. The number of rotatable bonds is 12. The van der Waals surface area contributed by atoms with Gasteiger partial charge in [-0.15, -0.1) is 48.0 Å². The van der Waals surface area contributed by atoms with E-state index in [9.17, 15) is 14.7 Å². The zero-order valence-corrected chi connectivity index (χ0v) is 22.1. The van der Waals surface area contributed by atoms with Crippen molar-refractivity contribution in [2.24, 2.45) is 18.7 Å². The van der Waals surface area contributed by atoms with E-state index in [1.807, 2.05) is 43.7 Å². The number of carbonyl (C=O) groups excluding carboxylic acids is 1. The molecule has 0 saturated heterocycles. The largest absolute Gasteiger partial charge is 0.480 e. The Bertz CT molecular complexity index is 903. The van der Waals surface area contributed by atoms with Gasteiger partial charge in [-0.05, 0) is 30.5 Å². The Labute approximate surface area is 217 Å². The summed E-state index contributed by atoms with van der Waals surface area (Å²) < 4.78 is 1.89. The van der Waals surface area contributed by atoms with Gasteiger partial charge in [0.15, 0.2) is 0 Å². The Morgan fingerprint density at radius 3 is 2.33 bits per heavy atom. The normalized spacial score (nSPS) is 12.6. The highest BCUT2D eigenvalue weighted by molar-refractivity contribution is 6.18. The predicted octanol–water partition coefficient (Wildman–Crippen LogP) is 3.19. The molecule has 8 nitrogen and oxygen atoms in total. The van der Waals surface area contributed by atoms with Gasteiger partial charge in [-0.3, -0.25) is 4.79 Å². The van der Waals surface area contributed by atoms with E-state index >= 15 is 0 Å². The van der Waals surface area contributed by atoms with Crippen LogP contribution >= 0.6 is 48.0 Å². The van der Waals surface area contributed by atoms with Gasteiger partial charge < -0.3 is 25.6 Å². The van der Waals surface area contributed by atoms with Crippen LogP contribution in [0.25, 0.3) is 11.0 Å². The summed E-state index contributed by atoms with van der Waals surface area (Å²) in [5.41, 5.74) is 8.74. The molecule has 0 saturated carbocycles. The number of fused-ring (bicyclic) bond motifs is 1. The van der Waals surface area contributed by atoms with E-state index in [1.165, 1.54) is 0 Å². The number of aliphatic carboxylic acids is 1. The molecule has 0 aliphatic carbocycles. The molecular formula is C21H33Cl4N5O3. The van der Waals surface area contributed by atoms with Crippen molar-refractivity contribution in [1.82, 2.24) is 14.9 Å². The van der Waals surface area contributed by atoms with E-state index in [-0.39, 0.29) is 37.2 Å². The topological polar surface area (TPSA) is 113 Å². The Hall–Kier alpha value is -1.45. The molecule has 0 aliphatic rings. The summed E-state index contributed by atoms with van der Waals surface area (Å²) in [5, 5.41) is 11.9. The van der Waals surface area contributed by atoms with Gasteiger partial charge in [-0.2, -0.15) is 0 Å². The molecule has 188 valence electrons. The van der Waals surface area contributed by atoms with Crippen LogP contribution in [0.1, 0.15) is 26.1 Å². The summed E-state index contributed by atoms with van der Waals surface area (Å²) in [7, 11) is 1.86. The third kappa shape index (κ3) is 8.68. The van der Waals surface area contributed by atoms with Crippen molar-refractivity contribution in [3.63, 3.8) is 0 Å². The molecule has 1 aromatic heterocycles. The molecule has 2 aromatic rings. The number of anilines is 1. The van der Waals surface area contributed by atoms with Crippen LogP contribution in [0.5, 0.6) is 0 Å². The fourth-order valence-electron chi connectivity index (χ4n) is 3.45. The number of nitrogens with one attached hydrogen (secondary N) is 1. The smallest absolute Gasteiger partial charge is 0.326 e. The molecule has 0 unspecified atom stereocenters. The molecule has 1 heterocycles. The van der Waals surface area contributed by atoms with E-state index in [1.54, 1.807) is 0 Å². The molecule has 2 rings (SSSR count). The number of halogens is 4. The highest BCUT2D eigenvalue weighted by Gasteiger charge is 2.25. The van der Waals surface area contributed by atoms with Crippen molar-refractivity contribution in [3.05, 3.63) is 24.0 Å². The summed E-state index contributed by atoms with van der Waals surface area (Å²) in [6.45, 7) is 5.14. The molecule has 1 aromatic carbocycles. The standard InChI is InChI=1S/C21H31Cl2N5O3.2ClH/c1-13(2)10-17(21(30)31)26-20(29)15(24)12-19-25-16-11-14(4-5-18(16)27(19)3)28(8-6-22)9-7-23;;/h4-5,11,13,15,17H,6-10,12,24H2,1-3H3,(H,26,29)(H,30,31);2*1H/t15-,17-;;/m0../s1. The fraction of sp³-hybridized carbons (Fsp3) is 0.571. The van der Waals surface area contributed by atoms with E-state index in [0.717, 1.165) is 16.7 Å². The zero-order chi connectivity index (χ0) is 23.1. The number of aryl methyl sites for hydroxylation is 1. The fourth-order valence-corrected chi connectivity index (χ4v) is 3.86. The van der Waals surface area contributed by atoms with Gasteiger partial charge in [0, 0.05) is 44.0 Å². The highest BCUT2D eigenvalue weighted by atomic mass is 35.5. The molecule has 4 N–H and O–H groups in total. The van der Waals surface area contributed by atoms with E-state index in [2.05, 4.69) is 15.2 Å². The van der Waals surface area contributed by atoms with Crippen LogP contribution in [0.4, 0.5) is 5.69 Å². The number of imidazole rings is 1. The number of hydrogen-bond acceptors (Lipinski definition) is 5. The van der Waals surface area contributed by atoms with Crippen molar-refractivity contribution in [2.45, 2.75) is 38.8 Å². The Morgan fingerprint density at radius 2 is 1.82 bits per heavy atom. The lowest BCUT2D eigenvalue weighted by Gasteiger charge is -2.22. The number of carboxylic acids is 1. The van der Waals surface area contributed by atoms with Gasteiger partial charge in [-0.1, -0.05) is 13.8 Å². The van der Waals surface area contributed by atoms with Crippen LogP contribution in [-0.2, 0) is 23.1 Å². The van der Waals surface area contributed by atoms with E-state index in [4.69, 9.17) is 28.9 Å². The lowest BCUT2D eigenvalue weighted by Crippen LogP contribution is -2.49. The number of benzene rings is 1. The average molecular weight is 545 g/mol. The quantitative estimate of drug-likeness (QED) is 0.354. The number of carbonyl (C=O) groups is 2. The number of alkyl halides is 2. The maximum Gasteiger partial charge on any atom is 0.326 e. The van der Waals surface area contributed by atoms with Crippen LogP contribution < -0.4 is 16.0 Å². The number of amides is 1. The molecule has 0 fully saturated rings. The minimum Gasteiger partial charge on any atom is -0.480 e. The third-order valence-electron chi connectivity index (χ3n) is 5.09. The number of hydrogen-bond donors (Lipinski definition) is 3. The van der Waals surface area contributed by atoms with Crippen LogP contribution in [0.2, 0.25) is 0 Å². The number of aromatic nitrogens is 2. The molecule has 0 radical (unpaired) electrons. The van der Waals surface area contributed by atoms with Crippen LogP contribution in [-0.4, -0.2) is 63.5 Å². The van der Waals surface area contributed by atoms with Crippen molar-refractivity contribution < 1.29 is 14.7 Å². The van der Waals surface area contributed by atoms with Gasteiger partial charge in [0.05, 0.1) is 17.1 Å². The van der Waals surface area contributed by atoms with E-state index < -0.39 is 24.0 Å². The second-order valence-electron chi connectivity index (χ2n) is 7.96. The molecule has 1 amide bonds. The summed E-state index contributed by atoms with van der Waals surface area (Å²) in [5.74, 6) is 0.177. The van der Waals surface area contributed by atoms with Crippen molar-refractivity contribution >= 4 is 76.6 Å². The summed E-state index contributed by atoms with van der Waals surface area (Å²) >= 11 is 11.8. The van der Waals surface area contributed by atoms with Gasteiger partial charge in [0.2, 0.25) is 5.91 Å². The minimum atomic E-state index is -1.07. The summed E-state index contributed by atoms with van der Waals surface area (Å²) in [6, 6.07) is 4.05. The first-order valence-corrected chi connectivity index (χ1v) is 11.4. The highest BCUT2D eigenvalue weighted by Crippen LogP contribution is 2.23. The molecule has 0 bridgehead atoms. The van der Waals surface area contributed by atoms with Gasteiger partial charge in [0.1, 0.15) is 11.9 Å². The Morgan fingerprint density at radius 1 is 1.21 bits per heavy atom. The number of carboxylic acid groups (broad SMARTS) is 1. The third-order valence-corrected chi connectivity index (χ3v) is 5.43. The molecule has 33 heavy (non-hydrogen) atoms. The number of nitrogens with two attached hydrogens (primary N) is 1. The first-order chi connectivity index (χ1) is 14.7. The Balaban J connectivity index is 0.00000512. The monoisotopic (exact) mass is 543 g/mol. The zero-order valence-electron chi connectivity index (χ0n) is 19.0. The lowest BCUT2D eigenvalue weighted by molar-refractivity contribution is -0.142. The van der Waals surface area contributed by atoms with Gasteiger partial charge in [0.25, 0.3) is 0 Å². The van der Waals surface area contributed by atoms with Crippen LogP contribution in [0.3, 0.4) is 0 Å². The van der Waals surface area contributed by atoms with Gasteiger partial charge >= 0.3 is 5.97 Å². The summed E-state index contributed by atoms with van der Waals surface area (Å²) in [6.07, 6.45) is 0.525. The maximum atomic E-state index is 12.5. The first-order valence-electron chi connectivity index (χ1n) is 10.3. The lowest BCUT2D eigenvalue weighted by atomic mass is 10.0. The molecule has 2 atom stereocenters. The van der Waals surface area contributed by atoms with Gasteiger partial charge in [-0.25, -0.2) is 9.78 Å². The van der Waals surface area contributed by atoms with Crippen LogP contribution in [0, 0.1) is 5.92 Å². The maximum absolute atomic E-state index is 12.5. The van der Waals surface area contributed by atoms with E-state index in [0.29, 0.717) is 37.1 Å². The van der Waals surface area contributed by atoms with Crippen molar-refractivity contribution in [1.29, 1.82) is 0 Å². The van der Waals surface area contributed by atoms with Crippen LogP contribution in [0.15, 0.2) is 18.2 Å². The molecular weight excluding hydrogens is 512 g/mol. The summed E-state index contributed by atoms with van der Waals surface area (Å²) in [4.78, 5) is 30.6. The van der Waals surface area contributed by atoms with Crippen molar-refractivity contribution in [3.8, 4) is 0 Å². The molecule has 12 heteroatoms.